The highest BCUT2D eigenvalue weighted by Gasteiger charge is 2.41. The number of hydrogen-bond acceptors (Lipinski definition) is 4. The number of para-hydroxylation sites is 2. The molecule has 172 valence electrons. The highest BCUT2D eigenvalue weighted by atomic mass is 16.2. The van der Waals surface area contributed by atoms with E-state index in [1.807, 2.05) is 36.4 Å². The van der Waals surface area contributed by atoms with Crippen molar-refractivity contribution in [2.24, 2.45) is 5.41 Å². The fourth-order valence-corrected chi connectivity index (χ4v) is 5.71. The second-order valence-corrected chi connectivity index (χ2v) is 10.5. The van der Waals surface area contributed by atoms with Gasteiger partial charge in [0.15, 0.2) is 5.78 Å². The molecule has 5 nitrogen and oxygen atoms in total. The largest absolute Gasteiger partial charge is 0.357 e. The van der Waals surface area contributed by atoms with Crippen molar-refractivity contribution < 1.29 is 9.59 Å². The van der Waals surface area contributed by atoms with E-state index >= 15 is 0 Å². The van der Waals surface area contributed by atoms with Crippen molar-refractivity contribution in [3.8, 4) is 0 Å². The molecule has 5 heteroatoms. The first-order valence-corrected chi connectivity index (χ1v) is 12.1. The van der Waals surface area contributed by atoms with Gasteiger partial charge in [0.05, 0.1) is 24.0 Å². The van der Waals surface area contributed by atoms with E-state index in [1.54, 1.807) is 0 Å². The molecule has 1 fully saturated rings. The molecule has 5 rings (SSSR count). The van der Waals surface area contributed by atoms with Gasteiger partial charge < -0.3 is 15.5 Å². The molecule has 2 N–H and O–H groups in total. The van der Waals surface area contributed by atoms with Crippen LogP contribution < -0.4 is 15.5 Å². The first kappa shape index (κ1) is 21.7. The molecule has 1 saturated carbocycles. The molecule has 0 saturated heterocycles. The molecule has 0 spiro atoms. The summed E-state index contributed by atoms with van der Waals surface area (Å²) in [6, 6.07) is 18.2. The Hall–Kier alpha value is -3.08. The second kappa shape index (κ2) is 8.69. The minimum Gasteiger partial charge on any atom is -0.357 e. The van der Waals surface area contributed by atoms with Crippen molar-refractivity contribution in [3.05, 3.63) is 71.4 Å². The topological polar surface area (TPSA) is 61.4 Å². The number of hydrogen-bond donors (Lipinski definition) is 2. The molecule has 3 aliphatic rings. The van der Waals surface area contributed by atoms with Gasteiger partial charge in [-0.25, -0.2) is 0 Å². The number of ketones is 1. The average Bonchev–Trinajstić information content (AvgIpc) is 3.24. The van der Waals surface area contributed by atoms with E-state index in [2.05, 4.69) is 47.6 Å². The summed E-state index contributed by atoms with van der Waals surface area (Å²) in [6.07, 6.45) is 5.76. The van der Waals surface area contributed by atoms with Crippen LogP contribution in [-0.4, -0.2) is 24.3 Å². The lowest BCUT2D eigenvalue weighted by molar-refractivity contribution is -0.121. The third kappa shape index (κ3) is 4.41. The summed E-state index contributed by atoms with van der Waals surface area (Å²) in [6.45, 7) is 4.51. The molecule has 0 bridgehead atoms. The highest BCUT2D eigenvalue weighted by molar-refractivity contribution is 6.01. The van der Waals surface area contributed by atoms with Crippen molar-refractivity contribution in [3.63, 3.8) is 0 Å². The minimum atomic E-state index is -0.310. The van der Waals surface area contributed by atoms with Crippen LogP contribution >= 0.6 is 0 Å². The molecule has 2 aromatic carbocycles. The summed E-state index contributed by atoms with van der Waals surface area (Å²) in [5.74, 6) is 0.182. The smallest absolute Gasteiger partial charge is 0.239 e. The zero-order valence-electron chi connectivity index (χ0n) is 19.6. The molecule has 0 aromatic heterocycles. The van der Waals surface area contributed by atoms with Crippen LogP contribution in [-0.2, 0) is 9.59 Å². The quantitative estimate of drug-likeness (QED) is 0.668. The van der Waals surface area contributed by atoms with Crippen LogP contribution in [0.2, 0.25) is 0 Å². The van der Waals surface area contributed by atoms with Crippen molar-refractivity contribution in [1.29, 1.82) is 0 Å². The predicted molar refractivity (Wildman–Crippen MR) is 132 cm³/mol. The Morgan fingerprint density at radius 3 is 2.48 bits per heavy atom. The van der Waals surface area contributed by atoms with Crippen LogP contribution in [0.25, 0.3) is 0 Å². The minimum absolute atomic E-state index is 0.0188. The summed E-state index contributed by atoms with van der Waals surface area (Å²) in [5.41, 5.74) is 4.61. The highest BCUT2D eigenvalue weighted by Crippen LogP contribution is 2.48. The molecule has 1 amide bonds. The first-order chi connectivity index (χ1) is 15.9. The number of allylic oxidation sites excluding steroid dienone is 1. The van der Waals surface area contributed by atoms with E-state index < -0.39 is 0 Å². The van der Waals surface area contributed by atoms with Gasteiger partial charge in [-0.05, 0) is 42.4 Å². The Bertz CT molecular complexity index is 1080. The maximum atomic E-state index is 13.6. The molecular formula is C28H33N3O2. The zero-order valence-corrected chi connectivity index (χ0v) is 19.6. The number of fused-ring (bicyclic) bond motifs is 1. The number of nitrogens with one attached hydrogen (secondary N) is 2. The normalized spacial score (nSPS) is 22.3. The van der Waals surface area contributed by atoms with E-state index in [0.717, 1.165) is 47.5 Å². The number of anilines is 2. The molecule has 0 radical (unpaired) electrons. The van der Waals surface area contributed by atoms with E-state index in [-0.39, 0.29) is 35.7 Å². The number of carbonyl (C=O) groups excluding carboxylic acids is 2. The molecule has 1 unspecified atom stereocenters. The van der Waals surface area contributed by atoms with Gasteiger partial charge in [0.1, 0.15) is 0 Å². The van der Waals surface area contributed by atoms with E-state index in [1.165, 1.54) is 12.8 Å². The van der Waals surface area contributed by atoms with Crippen LogP contribution in [0, 0.1) is 5.41 Å². The fourth-order valence-electron chi connectivity index (χ4n) is 5.71. The van der Waals surface area contributed by atoms with Crippen LogP contribution in [0.15, 0.2) is 65.9 Å². The first-order valence-electron chi connectivity index (χ1n) is 12.1. The summed E-state index contributed by atoms with van der Waals surface area (Å²) in [4.78, 5) is 29.0. The van der Waals surface area contributed by atoms with Crippen molar-refractivity contribution in [2.75, 3.05) is 16.8 Å². The standard InChI is InChI=1S/C28H33N3O2/c1-28(2)16-22-26(24(32)17-28)27(19-10-4-3-5-11-19)31(23-15-9-8-14-21(23)30-22)18-25(33)29-20-12-6-7-13-20/h3-5,8-11,14-15,20,27,30H,6-7,12-13,16-18H2,1-2H3,(H,29,33). The SMILES string of the molecule is CC1(C)CC(=O)C2=C(C1)Nc1ccccc1N(CC(=O)NC1CCCC1)C2c1ccccc1. The molecule has 1 heterocycles. The number of amides is 1. The maximum absolute atomic E-state index is 13.6. The van der Waals surface area contributed by atoms with Crippen LogP contribution in [0.1, 0.15) is 64.0 Å². The molecule has 2 aliphatic carbocycles. The monoisotopic (exact) mass is 443 g/mol. The summed E-state index contributed by atoms with van der Waals surface area (Å²) >= 11 is 0. The van der Waals surface area contributed by atoms with E-state index in [9.17, 15) is 9.59 Å². The Morgan fingerprint density at radius 2 is 1.73 bits per heavy atom. The molecule has 1 aliphatic heterocycles. The van der Waals surface area contributed by atoms with Crippen molar-refractivity contribution >= 4 is 23.1 Å². The number of benzene rings is 2. The van der Waals surface area contributed by atoms with Crippen LogP contribution in [0.4, 0.5) is 11.4 Å². The van der Waals surface area contributed by atoms with Gasteiger partial charge in [-0.1, -0.05) is 69.2 Å². The third-order valence-electron chi connectivity index (χ3n) is 7.15. The Labute approximate surface area is 196 Å². The zero-order chi connectivity index (χ0) is 23.0. The fraction of sp³-hybridized carbons (Fsp3) is 0.429. The lowest BCUT2D eigenvalue weighted by Crippen LogP contribution is -2.44. The van der Waals surface area contributed by atoms with Gasteiger partial charge in [-0.3, -0.25) is 9.59 Å². The molecule has 33 heavy (non-hydrogen) atoms. The number of rotatable bonds is 4. The van der Waals surface area contributed by atoms with Gasteiger partial charge in [-0.2, -0.15) is 0 Å². The predicted octanol–water partition coefficient (Wildman–Crippen LogP) is 5.36. The van der Waals surface area contributed by atoms with Gasteiger partial charge in [0, 0.05) is 23.7 Å². The van der Waals surface area contributed by atoms with Crippen molar-refractivity contribution in [1.82, 2.24) is 5.32 Å². The second-order valence-electron chi connectivity index (χ2n) is 10.5. The van der Waals surface area contributed by atoms with Gasteiger partial charge in [0.2, 0.25) is 5.91 Å². The van der Waals surface area contributed by atoms with Gasteiger partial charge in [0.25, 0.3) is 0 Å². The lowest BCUT2D eigenvalue weighted by atomic mass is 9.73. The summed E-state index contributed by atoms with van der Waals surface area (Å²) in [5, 5.41) is 6.85. The Morgan fingerprint density at radius 1 is 1.03 bits per heavy atom. The average molecular weight is 444 g/mol. The molecule has 1 atom stereocenters. The maximum Gasteiger partial charge on any atom is 0.239 e. The summed E-state index contributed by atoms with van der Waals surface area (Å²) < 4.78 is 0. The van der Waals surface area contributed by atoms with E-state index in [0.29, 0.717) is 6.42 Å². The van der Waals surface area contributed by atoms with Gasteiger partial charge >= 0.3 is 0 Å². The Kier molecular flexibility index (Phi) is 5.73. The van der Waals surface area contributed by atoms with Gasteiger partial charge in [-0.15, -0.1) is 0 Å². The number of nitrogens with zero attached hydrogens (tertiary/aromatic N) is 1. The third-order valence-corrected chi connectivity index (χ3v) is 7.15. The number of carbonyl (C=O) groups is 2. The van der Waals surface area contributed by atoms with Crippen LogP contribution in [0.5, 0.6) is 0 Å². The Balaban J connectivity index is 1.61. The number of Topliss-reactive ketones (excluding diaryl/α,β-unsaturated/α-hetero) is 1. The summed E-state index contributed by atoms with van der Waals surface area (Å²) in [7, 11) is 0. The van der Waals surface area contributed by atoms with E-state index in [4.69, 9.17) is 0 Å². The lowest BCUT2D eigenvalue weighted by Gasteiger charge is -2.38. The van der Waals surface area contributed by atoms with Crippen molar-refractivity contribution in [2.45, 2.75) is 64.5 Å². The van der Waals surface area contributed by atoms with Crippen LogP contribution in [0.3, 0.4) is 0 Å². The molecule has 2 aromatic rings. The molecular weight excluding hydrogens is 410 g/mol.